The minimum absolute atomic E-state index is 0.116. The maximum atomic E-state index is 13.4. The van der Waals surface area contributed by atoms with E-state index in [0.29, 0.717) is 6.42 Å². The second-order valence-electron chi connectivity index (χ2n) is 4.59. The Hall–Kier alpha value is -0.780. The van der Waals surface area contributed by atoms with E-state index in [1.54, 1.807) is 0 Å². The van der Waals surface area contributed by atoms with E-state index in [1.165, 1.54) is 6.07 Å². The van der Waals surface area contributed by atoms with Crippen molar-refractivity contribution in [1.82, 2.24) is 0 Å². The van der Waals surface area contributed by atoms with E-state index in [-0.39, 0.29) is 35.5 Å². The van der Waals surface area contributed by atoms with Gasteiger partial charge in [-0.2, -0.15) is 0 Å². The molecule has 2 rings (SSSR count). The summed E-state index contributed by atoms with van der Waals surface area (Å²) in [6.07, 6.45) is 0.128. The zero-order valence-electron chi connectivity index (χ0n) is 9.45. The lowest BCUT2D eigenvalue weighted by molar-refractivity contribution is 0.00556. The predicted octanol–water partition coefficient (Wildman–Crippen LogP) is 4.57. The van der Waals surface area contributed by atoms with E-state index in [1.807, 2.05) is 0 Å². The minimum Gasteiger partial charge on any atom is -0.382 e. The Labute approximate surface area is 111 Å². The number of rotatable bonds is 3. The second-order valence-corrected chi connectivity index (χ2v) is 5.45. The highest BCUT2D eigenvalue weighted by molar-refractivity contribution is 9.10. The first-order chi connectivity index (χ1) is 8.37. The summed E-state index contributed by atoms with van der Waals surface area (Å²) in [6.45, 7) is 0.268. The lowest BCUT2D eigenvalue weighted by Crippen LogP contribution is -2.16. The first-order valence-electron chi connectivity index (χ1n) is 5.64. The summed E-state index contributed by atoms with van der Waals surface area (Å²) in [5.74, 6) is -4.19. The number of halogens is 5. The molecule has 1 aliphatic carbocycles. The van der Waals surface area contributed by atoms with Crippen LogP contribution in [0.1, 0.15) is 19.3 Å². The molecule has 18 heavy (non-hydrogen) atoms. The van der Waals surface area contributed by atoms with Crippen LogP contribution in [0, 0.1) is 17.6 Å². The fourth-order valence-electron chi connectivity index (χ4n) is 2.13. The highest BCUT2D eigenvalue weighted by Crippen LogP contribution is 2.38. The summed E-state index contributed by atoms with van der Waals surface area (Å²) < 4.78 is 52.4. The molecule has 0 aliphatic heterocycles. The Kier molecular flexibility index (Phi) is 3.84. The SMILES string of the molecule is Fc1cc(F)c(NCC2CCC(F)(F)C2)cc1Br. The molecule has 100 valence electrons. The van der Waals surface area contributed by atoms with Crippen LogP contribution in [0.25, 0.3) is 0 Å². The summed E-state index contributed by atoms with van der Waals surface area (Å²) >= 11 is 2.95. The van der Waals surface area contributed by atoms with Gasteiger partial charge in [0.25, 0.3) is 0 Å². The van der Waals surface area contributed by atoms with Crippen LogP contribution in [0.5, 0.6) is 0 Å². The van der Waals surface area contributed by atoms with Gasteiger partial charge in [-0.1, -0.05) is 0 Å². The Bertz CT molecular complexity index is 450. The van der Waals surface area contributed by atoms with Crippen LogP contribution in [0.4, 0.5) is 23.2 Å². The molecule has 1 aromatic rings. The van der Waals surface area contributed by atoms with Gasteiger partial charge in [-0.3, -0.25) is 0 Å². The number of hydrogen-bond acceptors (Lipinski definition) is 1. The van der Waals surface area contributed by atoms with E-state index in [4.69, 9.17) is 0 Å². The van der Waals surface area contributed by atoms with Crippen molar-refractivity contribution >= 4 is 21.6 Å². The topological polar surface area (TPSA) is 12.0 Å². The highest BCUT2D eigenvalue weighted by atomic mass is 79.9. The molecule has 6 heteroatoms. The van der Waals surface area contributed by atoms with E-state index < -0.39 is 17.6 Å². The lowest BCUT2D eigenvalue weighted by Gasteiger charge is -2.13. The maximum absolute atomic E-state index is 13.4. The standard InChI is InChI=1S/C12H12BrF4N/c13-8-3-11(10(15)4-9(8)14)18-6-7-1-2-12(16,17)5-7/h3-4,7,18H,1-2,5-6H2. The second kappa shape index (κ2) is 5.07. The quantitative estimate of drug-likeness (QED) is 0.633. The first kappa shape index (κ1) is 13.6. The number of alkyl halides is 2. The maximum Gasteiger partial charge on any atom is 0.248 e. The van der Waals surface area contributed by atoms with Gasteiger partial charge < -0.3 is 5.32 Å². The number of benzene rings is 1. The van der Waals surface area contributed by atoms with Gasteiger partial charge in [0.05, 0.1) is 10.2 Å². The fraction of sp³-hybridized carbons (Fsp3) is 0.500. The Balaban J connectivity index is 1.97. The van der Waals surface area contributed by atoms with Gasteiger partial charge in [-0.15, -0.1) is 0 Å². The third-order valence-corrected chi connectivity index (χ3v) is 3.70. The highest BCUT2D eigenvalue weighted by Gasteiger charge is 2.39. The molecule has 0 bridgehead atoms. The van der Waals surface area contributed by atoms with E-state index >= 15 is 0 Å². The molecule has 1 aliphatic rings. The van der Waals surface area contributed by atoms with E-state index in [2.05, 4.69) is 21.2 Å². The van der Waals surface area contributed by atoms with Crippen LogP contribution in [0.3, 0.4) is 0 Å². The van der Waals surface area contributed by atoms with Gasteiger partial charge in [0, 0.05) is 25.5 Å². The van der Waals surface area contributed by atoms with Crippen LogP contribution in [0.2, 0.25) is 0 Å². The molecule has 1 fully saturated rings. The van der Waals surface area contributed by atoms with Gasteiger partial charge in [0.1, 0.15) is 11.6 Å². The Morgan fingerprint density at radius 2 is 2.00 bits per heavy atom. The first-order valence-corrected chi connectivity index (χ1v) is 6.43. The lowest BCUT2D eigenvalue weighted by atomic mass is 10.1. The molecule has 1 N–H and O–H groups in total. The molecule has 0 amide bonds. The number of hydrogen-bond donors (Lipinski definition) is 1. The Morgan fingerprint density at radius 3 is 2.61 bits per heavy atom. The zero-order chi connectivity index (χ0) is 13.3. The summed E-state index contributed by atoms with van der Waals surface area (Å²) in [5.41, 5.74) is 0.124. The van der Waals surface area contributed by atoms with Crippen molar-refractivity contribution in [3.63, 3.8) is 0 Å². The van der Waals surface area contributed by atoms with Gasteiger partial charge >= 0.3 is 0 Å². The van der Waals surface area contributed by atoms with Crippen molar-refractivity contribution < 1.29 is 17.6 Å². The van der Waals surface area contributed by atoms with Gasteiger partial charge in [-0.25, -0.2) is 17.6 Å². The minimum atomic E-state index is -2.60. The molecule has 0 spiro atoms. The van der Waals surface area contributed by atoms with Crippen LogP contribution in [0.15, 0.2) is 16.6 Å². The third-order valence-electron chi connectivity index (χ3n) is 3.10. The van der Waals surface area contributed by atoms with Crippen molar-refractivity contribution in [3.8, 4) is 0 Å². The molecule has 1 atom stereocenters. The van der Waals surface area contributed by atoms with Crippen molar-refractivity contribution in [1.29, 1.82) is 0 Å². The van der Waals surface area contributed by atoms with E-state index in [9.17, 15) is 17.6 Å². The molecule has 1 aromatic carbocycles. The number of nitrogens with one attached hydrogen (secondary N) is 1. The zero-order valence-corrected chi connectivity index (χ0v) is 11.0. The molecular formula is C12H12BrF4N. The average Bonchev–Trinajstić information content (AvgIpc) is 2.62. The summed E-state index contributed by atoms with van der Waals surface area (Å²) in [6, 6.07) is 2.04. The van der Waals surface area contributed by atoms with Crippen LogP contribution < -0.4 is 5.32 Å². The largest absolute Gasteiger partial charge is 0.382 e. The molecule has 1 unspecified atom stereocenters. The summed E-state index contributed by atoms with van der Waals surface area (Å²) in [7, 11) is 0. The smallest absolute Gasteiger partial charge is 0.248 e. The van der Waals surface area contributed by atoms with Crippen LogP contribution >= 0.6 is 15.9 Å². The fourth-order valence-corrected chi connectivity index (χ4v) is 2.47. The molecule has 0 heterocycles. The van der Waals surface area contributed by atoms with Gasteiger partial charge in [-0.05, 0) is 34.3 Å². The van der Waals surface area contributed by atoms with Crippen molar-refractivity contribution in [2.45, 2.75) is 25.2 Å². The van der Waals surface area contributed by atoms with Crippen molar-refractivity contribution in [3.05, 3.63) is 28.2 Å². The van der Waals surface area contributed by atoms with Crippen LogP contribution in [-0.2, 0) is 0 Å². The monoisotopic (exact) mass is 325 g/mol. The van der Waals surface area contributed by atoms with Gasteiger partial charge in [0.2, 0.25) is 5.92 Å². The summed E-state index contributed by atoms with van der Waals surface area (Å²) in [5, 5.41) is 2.76. The summed E-state index contributed by atoms with van der Waals surface area (Å²) in [4.78, 5) is 0. The molecule has 1 nitrogen and oxygen atoms in total. The van der Waals surface area contributed by atoms with Crippen molar-refractivity contribution in [2.75, 3.05) is 11.9 Å². The predicted molar refractivity (Wildman–Crippen MR) is 64.8 cm³/mol. The number of anilines is 1. The molecule has 0 aromatic heterocycles. The van der Waals surface area contributed by atoms with Crippen LogP contribution in [-0.4, -0.2) is 12.5 Å². The van der Waals surface area contributed by atoms with E-state index in [0.717, 1.165) is 6.07 Å². The Morgan fingerprint density at radius 1 is 1.28 bits per heavy atom. The normalized spacial score (nSPS) is 22.2. The molecule has 1 saturated carbocycles. The third kappa shape index (κ3) is 3.16. The average molecular weight is 326 g/mol. The van der Waals surface area contributed by atoms with Crippen molar-refractivity contribution in [2.24, 2.45) is 5.92 Å². The molecular weight excluding hydrogens is 314 g/mol. The molecule has 0 radical (unpaired) electrons. The molecule has 0 saturated heterocycles. The van der Waals surface area contributed by atoms with Gasteiger partial charge in [0.15, 0.2) is 0 Å².